The van der Waals surface area contributed by atoms with E-state index in [0.29, 0.717) is 51.7 Å². The lowest BCUT2D eigenvalue weighted by Crippen LogP contribution is -2.27. The van der Waals surface area contributed by atoms with Crippen LogP contribution in [0.2, 0.25) is 0 Å². The second-order valence-corrected chi connectivity index (χ2v) is 13.2. The highest BCUT2D eigenvalue weighted by Gasteiger charge is 2.40. The number of hydrogen-bond donors (Lipinski definition) is 0. The van der Waals surface area contributed by atoms with Gasteiger partial charge in [0.25, 0.3) is 0 Å². The summed E-state index contributed by atoms with van der Waals surface area (Å²) in [7, 11) is 2.89. The van der Waals surface area contributed by atoms with Crippen LogP contribution < -0.4 is 42.6 Å². The lowest BCUT2D eigenvalue weighted by atomic mass is 9.74. The topological polar surface area (TPSA) is 168 Å². The van der Waals surface area contributed by atoms with E-state index in [9.17, 15) is 24.0 Å². The molecular weight excluding hydrogens is 728 g/mol. The maximum Gasteiger partial charge on any atom is 0.308 e. The van der Waals surface area contributed by atoms with Gasteiger partial charge in [0.15, 0.2) is 11.5 Å². The number of rotatable bonds is 10. The Morgan fingerprint density at radius 2 is 1.09 bits per heavy atom. The molecule has 14 heteroatoms. The van der Waals surface area contributed by atoms with Crippen LogP contribution in [0.1, 0.15) is 80.2 Å². The number of methoxy groups -OCH3 is 2. The Bertz CT molecular complexity index is 2220. The van der Waals surface area contributed by atoms with E-state index in [0.717, 1.165) is 5.56 Å². The van der Waals surface area contributed by atoms with Gasteiger partial charge in [-0.25, -0.2) is 0 Å². The number of fused-ring (bicyclic) bond motifs is 2. The van der Waals surface area contributed by atoms with Gasteiger partial charge in [0.05, 0.1) is 27.4 Å². The first-order valence-electron chi connectivity index (χ1n) is 17.6. The molecule has 0 aromatic heterocycles. The van der Waals surface area contributed by atoms with Crippen LogP contribution in [-0.4, -0.2) is 57.3 Å². The SMILES string of the molecule is COc1cc(OC(C)=O)c([C@@H]2COc3cc(OC(C)=O)ccc3C2)cc1[C@@H]1c2ccc(OC(C)=O)cc2OC[C@H]1c1ccc(OC)c(OC(C)=O)c1OC(C)=O. The van der Waals surface area contributed by atoms with Crippen LogP contribution in [0, 0.1) is 0 Å². The maximum atomic E-state index is 12.6. The number of carbonyl (C=O) groups excluding carboxylic acids is 5. The monoisotopic (exact) mass is 768 g/mol. The van der Waals surface area contributed by atoms with Gasteiger partial charge < -0.3 is 42.6 Å². The lowest BCUT2D eigenvalue weighted by Gasteiger charge is -2.37. The van der Waals surface area contributed by atoms with Gasteiger partial charge in [-0.2, -0.15) is 0 Å². The van der Waals surface area contributed by atoms with Gasteiger partial charge in [-0.1, -0.05) is 18.2 Å². The fourth-order valence-electron chi connectivity index (χ4n) is 7.13. The Morgan fingerprint density at radius 1 is 0.518 bits per heavy atom. The van der Waals surface area contributed by atoms with Gasteiger partial charge in [0.1, 0.15) is 34.5 Å². The molecule has 56 heavy (non-hydrogen) atoms. The summed E-state index contributed by atoms with van der Waals surface area (Å²) in [6.45, 7) is 6.57. The molecule has 4 aromatic carbocycles. The van der Waals surface area contributed by atoms with E-state index in [2.05, 4.69) is 0 Å². The first kappa shape index (κ1) is 39.1. The molecule has 4 aromatic rings. The molecule has 0 fully saturated rings. The molecule has 0 spiro atoms. The molecule has 3 atom stereocenters. The van der Waals surface area contributed by atoms with Crippen molar-refractivity contribution in [1.29, 1.82) is 0 Å². The molecule has 0 N–H and O–H groups in total. The zero-order chi connectivity index (χ0) is 40.3. The number of ether oxygens (including phenoxy) is 9. The summed E-state index contributed by atoms with van der Waals surface area (Å²) in [6.07, 6.45) is 0.482. The molecule has 2 heterocycles. The highest BCUT2D eigenvalue weighted by Crippen LogP contribution is 2.55. The standard InChI is InChI=1S/C42H40O14/c1-21(43)52-28-9-8-26-14-27(19-50-36(26)15-28)32-17-33(37(49-7)18-39(32)54-23(3)45)40-31-11-10-29(53-22(2)44)16-38(31)51-20-34(40)30-12-13-35(48-6)42(56-25(5)47)41(30)55-24(4)46/h8-13,15-18,27,34,40H,14,19-20H2,1-7H3/t27-,34-,40-/m0/s1. The van der Waals surface area contributed by atoms with E-state index in [1.54, 1.807) is 48.5 Å². The number of hydrogen-bond acceptors (Lipinski definition) is 14. The Hall–Kier alpha value is -6.57. The summed E-state index contributed by atoms with van der Waals surface area (Å²) in [4.78, 5) is 60.8. The number of esters is 5. The summed E-state index contributed by atoms with van der Waals surface area (Å²) in [5.74, 6) is -2.17. The van der Waals surface area contributed by atoms with Crippen LogP contribution in [0.15, 0.2) is 60.7 Å². The molecule has 292 valence electrons. The minimum absolute atomic E-state index is 0.00998. The van der Waals surface area contributed by atoms with Gasteiger partial charge in [-0.3, -0.25) is 24.0 Å². The van der Waals surface area contributed by atoms with E-state index in [1.165, 1.54) is 48.8 Å². The molecule has 0 saturated heterocycles. The second-order valence-electron chi connectivity index (χ2n) is 13.2. The predicted molar refractivity (Wildman–Crippen MR) is 197 cm³/mol. The molecule has 0 bridgehead atoms. The van der Waals surface area contributed by atoms with Crippen LogP contribution in [-0.2, 0) is 30.4 Å². The van der Waals surface area contributed by atoms with Crippen molar-refractivity contribution in [3.63, 3.8) is 0 Å². The van der Waals surface area contributed by atoms with Crippen molar-refractivity contribution in [3.8, 4) is 51.7 Å². The van der Waals surface area contributed by atoms with Gasteiger partial charge >= 0.3 is 29.8 Å². The minimum Gasteiger partial charge on any atom is -0.496 e. The van der Waals surface area contributed by atoms with Crippen molar-refractivity contribution in [2.75, 3.05) is 27.4 Å². The van der Waals surface area contributed by atoms with Gasteiger partial charge in [0.2, 0.25) is 5.75 Å². The number of benzene rings is 4. The Kier molecular flexibility index (Phi) is 11.5. The summed E-state index contributed by atoms with van der Waals surface area (Å²) in [5, 5.41) is 0. The highest BCUT2D eigenvalue weighted by atomic mass is 16.6. The molecule has 0 saturated carbocycles. The van der Waals surface area contributed by atoms with Crippen molar-refractivity contribution < 1.29 is 66.6 Å². The zero-order valence-electron chi connectivity index (χ0n) is 31.8. The molecular formula is C42H40O14. The molecule has 2 aliphatic rings. The molecule has 6 rings (SSSR count). The fraction of sp³-hybridized carbons (Fsp3) is 0.310. The van der Waals surface area contributed by atoms with E-state index in [4.69, 9.17) is 42.6 Å². The van der Waals surface area contributed by atoms with Crippen molar-refractivity contribution in [2.45, 2.75) is 58.8 Å². The van der Waals surface area contributed by atoms with E-state index in [1.807, 2.05) is 12.1 Å². The Morgan fingerprint density at radius 3 is 1.71 bits per heavy atom. The fourth-order valence-corrected chi connectivity index (χ4v) is 7.13. The highest BCUT2D eigenvalue weighted by molar-refractivity contribution is 5.77. The molecule has 0 amide bonds. The van der Waals surface area contributed by atoms with Gasteiger partial charge in [-0.15, -0.1) is 0 Å². The largest absolute Gasteiger partial charge is 0.496 e. The third kappa shape index (κ3) is 8.38. The van der Waals surface area contributed by atoms with E-state index < -0.39 is 41.7 Å². The molecule has 14 nitrogen and oxygen atoms in total. The summed E-state index contributed by atoms with van der Waals surface area (Å²) in [5.41, 5.74) is 3.23. The van der Waals surface area contributed by atoms with Crippen LogP contribution >= 0.6 is 0 Å². The van der Waals surface area contributed by atoms with Gasteiger partial charge in [-0.05, 0) is 36.2 Å². The van der Waals surface area contributed by atoms with E-state index >= 15 is 0 Å². The van der Waals surface area contributed by atoms with Crippen LogP contribution in [0.25, 0.3) is 0 Å². The first-order valence-corrected chi connectivity index (χ1v) is 17.6. The minimum atomic E-state index is -0.671. The van der Waals surface area contributed by atoms with Crippen molar-refractivity contribution >= 4 is 29.8 Å². The molecule has 0 unspecified atom stereocenters. The summed E-state index contributed by atoms with van der Waals surface area (Å²) >= 11 is 0. The zero-order valence-corrected chi connectivity index (χ0v) is 31.8. The van der Waals surface area contributed by atoms with Gasteiger partial charge in [0, 0.05) is 92.8 Å². The van der Waals surface area contributed by atoms with Crippen molar-refractivity contribution in [3.05, 3.63) is 88.5 Å². The quantitative estimate of drug-likeness (QED) is 0.129. The Balaban J connectivity index is 1.56. The molecule has 2 aliphatic heterocycles. The first-order chi connectivity index (χ1) is 26.8. The summed E-state index contributed by atoms with van der Waals surface area (Å²) in [6, 6.07) is 17.1. The average Bonchev–Trinajstić information content (AvgIpc) is 3.13. The lowest BCUT2D eigenvalue weighted by molar-refractivity contribution is -0.134. The third-order valence-corrected chi connectivity index (χ3v) is 9.22. The van der Waals surface area contributed by atoms with E-state index in [-0.39, 0.29) is 47.9 Å². The molecule has 0 aliphatic carbocycles. The van der Waals surface area contributed by atoms with Crippen LogP contribution in [0.5, 0.6) is 51.7 Å². The smallest absolute Gasteiger partial charge is 0.308 e. The number of carbonyl (C=O) groups is 5. The Labute approximate surface area is 322 Å². The average molecular weight is 769 g/mol. The normalized spacial score (nSPS) is 16.7. The second kappa shape index (κ2) is 16.4. The summed E-state index contributed by atoms with van der Waals surface area (Å²) < 4.78 is 51.8. The third-order valence-electron chi connectivity index (χ3n) is 9.22. The van der Waals surface area contributed by atoms with Crippen molar-refractivity contribution in [2.24, 2.45) is 0 Å². The van der Waals surface area contributed by atoms with Crippen LogP contribution in [0.3, 0.4) is 0 Å². The van der Waals surface area contributed by atoms with Crippen LogP contribution in [0.4, 0.5) is 0 Å². The van der Waals surface area contributed by atoms with Crippen molar-refractivity contribution in [1.82, 2.24) is 0 Å². The predicted octanol–water partition coefficient (Wildman–Crippen LogP) is 6.36. The molecule has 0 radical (unpaired) electrons. The maximum absolute atomic E-state index is 12.6.